The molecule has 1 aromatic carbocycles. The van der Waals surface area contributed by atoms with Crippen molar-refractivity contribution in [1.29, 1.82) is 0 Å². The monoisotopic (exact) mass is 334 g/mol. The fraction of sp³-hybridized carbons (Fsp3) is 0.444. The van der Waals surface area contributed by atoms with E-state index in [2.05, 4.69) is 0 Å². The maximum Gasteiger partial charge on any atom is 0.167 e. The zero-order valence-electron chi connectivity index (χ0n) is 13.3. The summed E-state index contributed by atoms with van der Waals surface area (Å²) in [6.07, 6.45) is 1.50. The Morgan fingerprint density at radius 1 is 1.26 bits per heavy atom. The fourth-order valence-corrected chi connectivity index (χ4v) is 3.81. The second kappa shape index (κ2) is 9.01. The molecule has 0 aromatic heterocycles. The highest BCUT2D eigenvalue weighted by Crippen LogP contribution is 2.40. The first-order valence-corrected chi connectivity index (χ1v) is 8.69. The van der Waals surface area contributed by atoms with Crippen LogP contribution in [-0.4, -0.2) is 36.5 Å². The van der Waals surface area contributed by atoms with Crippen molar-refractivity contribution in [1.82, 2.24) is 0 Å². The van der Waals surface area contributed by atoms with E-state index in [1.54, 1.807) is 0 Å². The van der Waals surface area contributed by atoms with Crippen molar-refractivity contribution in [2.75, 3.05) is 19.8 Å². The van der Waals surface area contributed by atoms with Crippen LogP contribution in [0.3, 0.4) is 0 Å². The first-order valence-electron chi connectivity index (χ1n) is 7.87. The van der Waals surface area contributed by atoms with Crippen LogP contribution in [0.25, 0.3) is 0 Å². The van der Waals surface area contributed by atoms with E-state index in [0.29, 0.717) is 6.42 Å². The van der Waals surface area contributed by atoms with Crippen molar-refractivity contribution in [3.05, 3.63) is 40.8 Å². The molecule has 23 heavy (non-hydrogen) atoms. The van der Waals surface area contributed by atoms with Gasteiger partial charge < -0.3 is 9.84 Å². The number of carbonyl (C=O) groups excluding carboxylic acids is 2. The van der Waals surface area contributed by atoms with Crippen molar-refractivity contribution >= 4 is 23.3 Å². The third-order valence-corrected chi connectivity index (χ3v) is 4.92. The minimum Gasteiger partial charge on any atom is -0.394 e. The summed E-state index contributed by atoms with van der Waals surface area (Å²) in [4.78, 5) is 26.5. The summed E-state index contributed by atoms with van der Waals surface area (Å²) in [6, 6.07) is 9.75. The Hall–Kier alpha value is -1.43. The van der Waals surface area contributed by atoms with Crippen LogP contribution in [0.1, 0.15) is 26.2 Å². The second-order valence-electron chi connectivity index (χ2n) is 5.43. The van der Waals surface area contributed by atoms with Gasteiger partial charge in [-0.05, 0) is 18.6 Å². The molecule has 0 radical (unpaired) electrons. The molecule has 1 unspecified atom stereocenters. The molecule has 0 spiro atoms. The number of allylic oxidation sites excluding steroid dienone is 1. The van der Waals surface area contributed by atoms with Gasteiger partial charge in [0.25, 0.3) is 0 Å². The fourth-order valence-electron chi connectivity index (χ4n) is 2.58. The Morgan fingerprint density at radius 3 is 2.65 bits per heavy atom. The highest BCUT2D eigenvalue weighted by Gasteiger charge is 2.35. The van der Waals surface area contributed by atoms with Crippen LogP contribution < -0.4 is 0 Å². The molecule has 1 aliphatic rings. The normalized spacial score (nSPS) is 18.6. The summed E-state index contributed by atoms with van der Waals surface area (Å²) in [6.45, 7) is 2.37. The van der Waals surface area contributed by atoms with Crippen LogP contribution in [0.4, 0.5) is 0 Å². The highest BCUT2D eigenvalue weighted by molar-refractivity contribution is 8.03. The molecule has 2 rings (SSSR count). The van der Waals surface area contributed by atoms with Crippen molar-refractivity contribution in [2.45, 2.75) is 31.1 Å². The summed E-state index contributed by atoms with van der Waals surface area (Å²) < 4.78 is 5.39. The number of aliphatic hydroxyl groups is 1. The molecule has 0 heterocycles. The molecule has 0 fully saturated rings. The van der Waals surface area contributed by atoms with Gasteiger partial charge in [-0.15, -0.1) is 0 Å². The predicted octanol–water partition coefficient (Wildman–Crippen LogP) is 3.00. The molecule has 1 aliphatic carbocycles. The molecular weight excluding hydrogens is 312 g/mol. The Labute approximate surface area is 140 Å². The van der Waals surface area contributed by atoms with Gasteiger partial charge in [0.15, 0.2) is 11.6 Å². The number of ether oxygens (including phenoxy) is 1. The molecule has 0 aliphatic heterocycles. The van der Waals surface area contributed by atoms with Crippen molar-refractivity contribution in [2.24, 2.45) is 5.92 Å². The van der Waals surface area contributed by atoms with Crippen LogP contribution >= 0.6 is 11.8 Å². The Bertz CT molecular complexity index is 580. The summed E-state index contributed by atoms with van der Waals surface area (Å²) in [5.74, 6) is -0.564. The number of rotatable bonds is 8. The Morgan fingerprint density at radius 2 is 2.00 bits per heavy atom. The van der Waals surface area contributed by atoms with Crippen LogP contribution in [0.5, 0.6) is 0 Å². The van der Waals surface area contributed by atoms with Crippen LogP contribution in [0, 0.1) is 5.92 Å². The van der Waals surface area contributed by atoms with E-state index in [1.165, 1.54) is 11.8 Å². The molecule has 4 nitrogen and oxygen atoms in total. The Kier molecular flexibility index (Phi) is 7.02. The van der Waals surface area contributed by atoms with Gasteiger partial charge in [0.2, 0.25) is 0 Å². The number of carbonyl (C=O) groups is 2. The van der Waals surface area contributed by atoms with E-state index in [9.17, 15) is 9.59 Å². The summed E-state index contributed by atoms with van der Waals surface area (Å²) >= 11 is 1.48. The first kappa shape index (κ1) is 17.9. The first-order chi connectivity index (χ1) is 11.2. The minimum absolute atomic E-state index is 0.0403. The molecule has 1 aromatic rings. The molecule has 1 atom stereocenters. The van der Waals surface area contributed by atoms with Crippen LogP contribution in [0.15, 0.2) is 45.7 Å². The lowest BCUT2D eigenvalue weighted by molar-refractivity contribution is -0.129. The lowest BCUT2D eigenvalue weighted by Crippen LogP contribution is -2.31. The van der Waals surface area contributed by atoms with Gasteiger partial charge in [0.1, 0.15) is 0 Å². The van der Waals surface area contributed by atoms with Gasteiger partial charge in [-0.3, -0.25) is 9.59 Å². The molecular formula is C18H22O4S. The number of Topliss-reactive ketones (excluding diaryl/α,β-unsaturated/α-hetero) is 2. The zero-order chi connectivity index (χ0) is 16.7. The van der Waals surface area contributed by atoms with Gasteiger partial charge in [-0.25, -0.2) is 0 Å². The highest BCUT2D eigenvalue weighted by atomic mass is 32.2. The lowest BCUT2D eigenvalue weighted by Gasteiger charge is -2.26. The average molecular weight is 334 g/mol. The van der Waals surface area contributed by atoms with Gasteiger partial charge in [-0.1, -0.05) is 43.3 Å². The van der Waals surface area contributed by atoms with Crippen molar-refractivity contribution in [3.63, 3.8) is 0 Å². The quantitative estimate of drug-likeness (QED) is 0.585. The molecule has 5 heteroatoms. The van der Waals surface area contributed by atoms with Gasteiger partial charge in [0, 0.05) is 15.4 Å². The molecule has 1 N–H and O–H groups in total. The summed E-state index contributed by atoms with van der Waals surface area (Å²) in [7, 11) is 0. The molecule has 0 amide bonds. The van der Waals surface area contributed by atoms with Crippen molar-refractivity contribution < 1.29 is 19.4 Å². The topological polar surface area (TPSA) is 63.6 Å². The van der Waals surface area contributed by atoms with Gasteiger partial charge in [-0.2, -0.15) is 0 Å². The number of aliphatic hydroxyl groups excluding tert-OH is 1. The predicted molar refractivity (Wildman–Crippen MR) is 90.3 cm³/mol. The SMILES string of the molecule is CCCC1=C(Sc2ccccc2)C(COCCO)C(=O)CC1=O. The smallest absolute Gasteiger partial charge is 0.167 e. The van der Waals surface area contributed by atoms with Crippen LogP contribution in [0.2, 0.25) is 0 Å². The summed E-state index contributed by atoms with van der Waals surface area (Å²) in [5, 5.41) is 8.86. The number of ketones is 2. The minimum atomic E-state index is -0.411. The van der Waals surface area contributed by atoms with E-state index in [0.717, 1.165) is 21.8 Å². The molecule has 124 valence electrons. The maximum absolute atomic E-state index is 12.3. The van der Waals surface area contributed by atoms with Gasteiger partial charge in [0.05, 0.1) is 32.2 Å². The van der Waals surface area contributed by atoms with E-state index in [4.69, 9.17) is 9.84 Å². The average Bonchev–Trinajstić information content (AvgIpc) is 2.55. The van der Waals surface area contributed by atoms with Gasteiger partial charge >= 0.3 is 0 Å². The van der Waals surface area contributed by atoms with E-state index < -0.39 is 5.92 Å². The van der Waals surface area contributed by atoms with Crippen LogP contribution in [-0.2, 0) is 14.3 Å². The third kappa shape index (κ3) is 4.77. The molecule has 0 bridgehead atoms. The van der Waals surface area contributed by atoms with E-state index in [1.807, 2.05) is 37.3 Å². The maximum atomic E-state index is 12.3. The third-order valence-electron chi connectivity index (χ3n) is 3.67. The summed E-state index contributed by atoms with van der Waals surface area (Å²) in [5.41, 5.74) is 0.763. The van der Waals surface area contributed by atoms with E-state index >= 15 is 0 Å². The molecule has 0 saturated carbocycles. The number of hydrogen-bond donors (Lipinski definition) is 1. The second-order valence-corrected chi connectivity index (χ2v) is 6.54. The van der Waals surface area contributed by atoms with E-state index in [-0.39, 0.29) is 37.8 Å². The standard InChI is InChI=1S/C18H22O4S/c1-2-6-14-16(20)11-17(21)15(12-22-10-9-19)18(14)23-13-7-4-3-5-8-13/h3-5,7-8,15,19H,2,6,9-12H2,1H3. The Balaban J connectivity index is 2.32. The number of hydrogen-bond acceptors (Lipinski definition) is 5. The zero-order valence-corrected chi connectivity index (χ0v) is 14.1. The van der Waals surface area contributed by atoms with Crippen molar-refractivity contribution in [3.8, 4) is 0 Å². The lowest BCUT2D eigenvalue weighted by atomic mass is 9.86. The molecule has 0 saturated heterocycles. The number of thioether (sulfide) groups is 1. The number of benzene rings is 1. The largest absolute Gasteiger partial charge is 0.394 e.